The maximum atomic E-state index is 5.76. The van der Waals surface area contributed by atoms with Gasteiger partial charge in [-0.3, -0.25) is 0 Å². The number of ether oxygens (including phenoxy) is 1. The molecule has 0 heterocycles. The van der Waals surface area contributed by atoms with Crippen molar-refractivity contribution in [2.24, 2.45) is 10.9 Å². The van der Waals surface area contributed by atoms with Crippen LogP contribution in [0.5, 0.6) is 5.75 Å². The highest BCUT2D eigenvalue weighted by Gasteiger charge is 2.02. The zero-order valence-corrected chi connectivity index (χ0v) is 11.3. The van der Waals surface area contributed by atoms with Crippen LogP contribution in [0.2, 0.25) is 0 Å². The largest absolute Gasteiger partial charge is 0.488 e. The molecule has 92 valence electrons. The fraction of sp³-hybridized carbons (Fsp3) is 0.0714. The molecule has 0 saturated carbocycles. The summed E-state index contributed by atoms with van der Waals surface area (Å²) in [4.78, 5) is 0. The lowest BCUT2D eigenvalue weighted by molar-refractivity contribution is 0.304. The first-order valence-corrected chi connectivity index (χ1v) is 6.28. The lowest BCUT2D eigenvalue weighted by Crippen LogP contribution is -1.97. The molecule has 2 rings (SSSR count). The molecule has 0 radical (unpaired) electrons. The summed E-state index contributed by atoms with van der Waals surface area (Å²) in [5.74, 6) is 5.90. The lowest BCUT2D eigenvalue weighted by Gasteiger charge is -2.09. The molecule has 0 amide bonds. The van der Waals surface area contributed by atoms with E-state index in [1.807, 2.05) is 48.5 Å². The molecule has 0 atom stereocenters. The van der Waals surface area contributed by atoms with Gasteiger partial charge in [-0.2, -0.15) is 5.10 Å². The molecule has 0 unspecified atom stereocenters. The van der Waals surface area contributed by atoms with Crippen molar-refractivity contribution in [1.82, 2.24) is 0 Å². The molecule has 2 aromatic carbocycles. The number of hydrazone groups is 1. The maximum Gasteiger partial charge on any atom is 0.134 e. The Morgan fingerprint density at radius 1 is 1.17 bits per heavy atom. The van der Waals surface area contributed by atoms with Crippen molar-refractivity contribution in [2.45, 2.75) is 6.61 Å². The molecule has 0 spiro atoms. The van der Waals surface area contributed by atoms with Crippen LogP contribution in [0.1, 0.15) is 11.1 Å². The van der Waals surface area contributed by atoms with Gasteiger partial charge in [0.1, 0.15) is 12.4 Å². The minimum absolute atomic E-state index is 0.530. The zero-order chi connectivity index (χ0) is 12.8. The Balaban J connectivity index is 2.11. The van der Waals surface area contributed by atoms with Crippen LogP contribution in [-0.2, 0) is 6.61 Å². The SMILES string of the molecule is NN=Cc1ccc(Br)c(OCc2ccccc2)c1. The van der Waals surface area contributed by atoms with E-state index in [1.165, 1.54) is 0 Å². The molecule has 0 aromatic heterocycles. The second kappa shape index (κ2) is 6.21. The number of rotatable bonds is 4. The minimum atomic E-state index is 0.530. The van der Waals surface area contributed by atoms with Crippen molar-refractivity contribution in [3.8, 4) is 5.75 Å². The zero-order valence-electron chi connectivity index (χ0n) is 9.71. The second-order valence-corrected chi connectivity index (χ2v) is 4.60. The molecular formula is C14H13BrN2O. The number of hydrogen-bond acceptors (Lipinski definition) is 3. The number of hydrogen-bond donors (Lipinski definition) is 1. The highest BCUT2D eigenvalue weighted by atomic mass is 79.9. The first kappa shape index (κ1) is 12.6. The van der Waals surface area contributed by atoms with E-state index < -0.39 is 0 Å². The smallest absolute Gasteiger partial charge is 0.134 e. The Morgan fingerprint density at radius 2 is 1.94 bits per heavy atom. The quantitative estimate of drug-likeness (QED) is 0.535. The van der Waals surface area contributed by atoms with Crippen molar-refractivity contribution in [3.63, 3.8) is 0 Å². The Bertz CT molecular complexity index is 541. The first-order valence-electron chi connectivity index (χ1n) is 5.49. The van der Waals surface area contributed by atoms with Crippen molar-refractivity contribution >= 4 is 22.1 Å². The lowest BCUT2D eigenvalue weighted by atomic mass is 10.2. The van der Waals surface area contributed by atoms with E-state index in [4.69, 9.17) is 10.6 Å². The molecule has 2 aromatic rings. The van der Waals surface area contributed by atoms with Gasteiger partial charge in [0.25, 0.3) is 0 Å². The number of nitrogens with zero attached hydrogens (tertiary/aromatic N) is 1. The molecule has 2 N–H and O–H groups in total. The third-order valence-electron chi connectivity index (χ3n) is 2.42. The van der Waals surface area contributed by atoms with Gasteiger partial charge in [0.05, 0.1) is 10.7 Å². The summed E-state index contributed by atoms with van der Waals surface area (Å²) in [6.07, 6.45) is 1.59. The van der Waals surface area contributed by atoms with Crippen molar-refractivity contribution in [2.75, 3.05) is 0 Å². The number of halogens is 1. The van der Waals surface area contributed by atoms with Gasteiger partial charge < -0.3 is 10.6 Å². The van der Waals surface area contributed by atoms with E-state index >= 15 is 0 Å². The van der Waals surface area contributed by atoms with Crippen molar-refractivity contribution in [1.29, 1.82) is 0 Å². The molecule has 18 heavy (non-hydrogen) atoms. The van der Waals surface area contributed by atoms with Crippen molar-refractivity contribution < 1.29 is 4.74 Å². The molecule has 0 aliphatic rings. The summed E-state index contributed by atoms with van der Waals surface area (Å²) in [5, 5.41) is 3.50. The van der Waals surface area contributed by atoms with E-state index in [0.29, 0.717) is 6.61 Å². The van der Waals surface area contributed by atoms with Gasteiger partial charge in [-0.15, -0.1) is 0 Å². The Kier molecular flexibility index (Phi) is 4.36. The van der Waals surface area contributed by atoms with Crippen LogP contribution in [0.25, 0.3) is 0 Å². The Labute approximate surface area is 114 Å². The van der Waals surface area contributed by atoms with Gasteiger partial charge in [0.15, 0.2) is 0 Å². The monoisotopic (exact) mass is 304 g/mol. The molecular weight excluding hydrogens is 292 g/mol. The number of benzene rings is 2. The molecule has 0 aliphatic carbocycles. The fourth-order valence-electron chi connectivity index (χ4n) is 1.53. The van der Waals surface area contributed by atoms with Gasteiger partial charge in [0, 0.05) is 0 Å². The van der Waals surface area contributed by atoms with Crippen LogP contribution in [0.3, 0.4) is 0 Å². The molecule has 0 aliphatic heterocycles. The van der Waals surface area contributed by atoms with Gasteiger partial charge >= 0.3 is 0 Å². The fourth-order valence-corrected chi connectivity index (χ4v) is 1.89. The van der Waals surface area contributed by atoms with Crippen LogP contribution in [0, 0.1) is 0 Å². The summed E-state index contributed by atoms with van der Waals surface area (Å²) in [6, 6.07) is 15.7. The van der Waals surface area contributed by atoms with Crippen LogP contribution < -0.4 is 10.6 Å². The van der Waals surface area contributed by atoms with E-state index in [1.54, 1.807) is 6.21 Å². The van der Waals surface area contributed by atoms with Gasteiger partial charge in [-0.1, -0.05) is 36.4 Å². The van der Waals surface area contributed by atoms with Crippen LogP contribution in [0.4, 0.5) is 0 Å². The van der Waals surface area contributed by atoms with Gasteiger partial charge in [-0.25, -0.2) is 0 Å². The van der Waals surface area contributed by atoms with Crippen LogP contribution >= 0.6 is 15.9 Å². The molecule has 0 fully saturated rings. The average molecular weight is 305 g/mol. The Morgan fingerprint density at radius 3 is 2.67 bits per heavy atom. The van der Waals surface area contributed by atoms with E-state index in [9.17, 15) is 0 Å². The maximum absolute atomic E-state index is 5.76. The minimum Gasteiger partial charge on any atom is -0.488 e. The predicted octanol–water partition coefficient (Wildman–Crippen LogP) is 3.32. The number of nitrogens with two attached hydrogens (primary N) is 1. The van der Waals surface area contributed by atoms with E-state index in [-0.39, 0.29) is 0 Å². The molecule has 3 nitrogen and oxygen atoms in total. The Hall–Kier alpha value is -1.81. The summed E-state index contributed by atoms with van der Waals surface area (Å²) in [6.45, 7) is 0.530. The first-order chi connectivity index (χ1) is 8.79. The normalized spacial score (nSPS) is 10.7. The molecule has 0 saturated heterocycles. The highest BCUT2D eigenvalue weighted by Crippen LogP contribution is 2.26. The van der Waals surface area contributed by atoms with Crippen LogP contribution in [0.15, 0.2) is 58.1 Å². The third kappa shape index (κ3) is 3.34. The topological polar surface area (TPSA) is 47.6 Å². The third-order valence-corrected chi connectivity index (χ3v) is 3.07. The van der Waals surface area contributed by atoms with E-state index in [0.717, 1.165) is 21.3 Å². The predicted molar refractivity (Wildman–Crippen MR) is 76.7 cm³/mol. The van der Waals surface area contributed by atoms with E-state index in [2.05, 4.69) is 21.0 Å². The second-order valence-electron chi connectivity index (χ2n) is 3.74. The van der Waals surface area contributed by atoms with Gasteiger partial charge in [0.2, 0.25) is 0 Å². The summed E-state index contributed by atoms with van der Waals surface area (Å²) in [7, 11) is 0. The summed E-state index contributed by atoms with van der Waals surface area (Å²) < 4.78 is 6.67. The molecule has 4 heteroatoms. The van der Waals surface area contributed by atoms with Crippen LogP contribution in [-0.4, -0.2) is 6.21 Å². The highest BCUT2D eigenvalue weighted by molar-refractivity contribution is 9.10. The van der Waals surface area contributed by atoms with Gasteiger partial charge in [-0.05, 0) is 39.2 Å². The van der Waals surface area contributed by atoms with Crippen molar-refractivity contribution in [3.05, 3.63) is 64.1 Å². The molecule has 0 bridgehead atoms. The summed E-state index contributed by atoms with van der Waals surface area (Å²) in [5.41, 5.74) is 2.03. The average Bonchev–Trinajstić information content (AvgIpc) is 2.41. The standard InChI is InChI=1S/C14H13BrN2O/c15-13-7-6-12(9-17-16)8-14(13)18-10-11-4-2-1-3-5-11/h1-9H,10,16H2. The summed E-state index contributed by atoms with van der Waals surface area (Å²) >= 11 is 3.45.